The second-order valence-corrected chi connectivity index (χ2v) is 6.03. The normalized spacial score (nSPS) is 19.2. The Labute approximate surface area is 140 Å². The summed E-state index contributed by atoms with van der Waals surface area (Å²) in [6, 6.07) is 18.0. The number of amides is 1. The monoisotopic (exact) mass is 321 g/mol. The van der Waals surface area contributed by atoms with Gasteiger partial charge in [-0.25, -0.2) is 4.98 Å². The molecule has 1 aromatic heterocycles. The smallest absolute Gasteiger partial charge is 0.221 e. The van der Waals surface area contributed by atoms with Gasteiger partial charge in [0.1, 0.15) is 5.52 Å². The fourth-order valence-electron chi connectivity index (χ4n) is 3.23. The molecule has 24 heavy (non-hydrogen) atoms. The first-order valence-corrected chi connectivity index (χ1v) is 8.20. The second-order valence-electron chi connectivity index (χ2n) is 6.03. The SMILES string of the molecule is O=C1CC(c2ccccc2)N(Cc2nc3ccccc3o2)CCN1. The van der Waals surface area contributed by atoms with Gasteiger partial charge in [0.05, 0.1) is 6.54 Å². The van der Waals surface area contributed by atoms with Gasteiger partial charge in [0.15, 0.2) is 5.58 Å². The number of nitrogens with zero attached hydrogens (tertiary/aromatic N) is 2. The summed E-state index contributed by atoms with van der Waals surface area (Å²) in [5, 5.41) is 2.95. The van der Waals surface area contributed by atoms with Crippen LogP contribution in [0.1, 0.15) is 23.9 Å². The van der Waals surface area contributed by atoms with Gasteiger partial charge in [-0.2, -0.15) is 0 Å². The second kappa shape index (κ2) is 6.45. The van der Waals surface area contributed by atoms with Crippen molar-refractivity contribution in [1.82, 2.24) is 15.2 Å². The van der Waals surface area contributed by atoms with Crippen LogP contribution in [-0.4, -0.2) is 28.9 Å². The molecule has 1 N–H and O–H groups in total. The Morgan fingerprint density at radius 2 is 1.92 bits per heavy atom. The summed E-state index contributed by atoms with van der Waals surface area (Å²) in [5.74, 6) is 0.774. The minimum absolute atomic E-state index is 0.0312. The van der Waals surface area contributed by atoms with Crippen LogP contribution in [0.3, 0.4) is 0 Å². The first kappa shape index (κ1) is 14.9. The zero-order chi connectivity index (χ0) is 16.4. The Balaban J connectivity index is 1.63. The lowest BCUT2D eigenvalue weighted by atomic mass is 10.0. The average molecular weight is 321 g/mol. The maximum Gasteiger partial charge on any atom is 0.221 e. The number of benzene rings is 2. The highest BCUT2D eigenvalue weighted by Gasteiger charge is 2.27. The number of aromatic nitrogens is 1. The van der Waals surface area contributed by atoms with Crippen molar-refractivity contribution in [2.24, 2.45) is 0 Å². The van der Waals surface area contributed by atoms with Crippen LogP contribution >= 0.6 is 0 Å². The molecule has 0 radical (unpaired) electrons. The van der Waals surface area contributed by atoms with Crippen molar-refractivity contribution in [1.29, 1.82) is 0 Å². The van der Waals surface area contributed by atoms with Gasteiger partial charge < -0.3 is 9.73 Å². The Morgan fingerprint density at radius 3 is 2.75 bits per heavy atom. The van der Waals surface area contributed by atoms with Gasteiger partial charge >= 0.3 is 0 Å². The molecule has 1 unspecified atom stereocenters. The van der Waals surface area contributed by atoms with E-state index in [1.54, 1.807) is 0 Å². The molecule has 0 spiro atoms. The maximum atomic E-state index is 12.0. The highest BCUT2D eigenvalue weighted by molar-refractivity contribution is 5.77. The van der Waals surface area contributed by atoms with Crippen LogP contribution in [0.25, 0.3) is 11.1 Å². The van der Waals surface area contributed by atoms with Gasteiger partial charge in [0.25, 0.3) is 0 Å². The van der Waals surface area contributed by atoms with Crippen LogP contribution in [0.4, 0.5) is 0 Å². The quantitative estimate of drug-likeness (QED) is 0.806. The number of carbonyl (C=O) groups excluding carboxylic acids is 1. The third-order valence-electron chi connectivity index (χ3n) is 4.40. The molecule has 2 aromatic carbocycles. The van der Waals surface area contributed by atoms with Crippen molar-refractivity contribution in [2.75, 3.05) is 13.1 Å². The summed E-state index contributed by atoms with van der Waals surface area (Å²) in [4.78, 5) is 18.9. The Hall–Kier alpha value is -2.66. The van der Waals surface area contributed by atoms with Crippen LogP contribution in [0.2, 0.25) is 0 Å². The molecule has 1 aliphatic heterocycles. The van der Waals surface area contributed by atoms with E-state index in [2.05, 4.69) is 27.3 Å². The fraction of sp³-hybridized carbons (Fsp3) is 0.263. The number of para-hydroxylation sites is 2. The van der Waals surface area contributed by atoms with Crippen LogP contribution in [0.5, 0.6) is 0 Å². The molecule has 5 nitrogen and oxygen atoms in total. The van der Waals surface area contributed by atoms with E-state index in [4.69, 9.17) is 4.42 Å². The lowest BCUT2D eigenvalue weighted by Crippen LogP contribution is -2.30. The number of nitrogens with one attached hydrogen (secondary N) is 1. The van der Waals surface area contributed by atoms with Gasteiger partial charge in [0.2, 0.25) is 11.8 Å². The molecule has 3 aromatic rings. The number of hydrogen-bond donors (Lipinski definition) is 1. The molecule has 1 amide bonds. The molecule has 1 atom stereocenters. The number of hydrogen-bond acceptors (Lipinski definition) is 4. The molecular formula is C19H19N3O2. The molecule has 0 bridgehead atoms. The molecule has 2 heterocycles. The minimum atomic E-state index is 0.0312. The topological polar surface area (TPSA) is 58.4 Å². The van der Waals surface area contributed by atoms with Crippen molar-refractivity contribution in [3.63, 3.8) is 0 Å². The van der Waals surface area contributed by atoms with E-state index in [0.717, 1.165) is 23.2 Å². The number of carbonyl (C=O) groups is 1. The fourth-order valence-corrected chi connectivity index (χ4v) is 3.23. The van der Waals surface area contributed by atoms with Crippen molar-refractivity contribution < 1.29 is 9.21 Å². The first-order chi connectivity index (χ1) is 11.8. The van der Waals surface area contributed by atoms with E-state index < -0.39 is 0 Å². The first-order valence-electron chi connectivity index (χ1n) is 8.20. The zero-order valence-corrected chi connectivity index (χ0v) is 13.3. The van der Waals surface area contributed by atoms with Gasteiger partial charge in [-0.15, -0.1) is 0 Å². The molecule has 1 saturated heterocycles. The van der Waals surface area contributed by atoms with E-state index in [-0.39, 0.29) is 11.9 Å². The van der Waals surface area contributed by atoms with Gasteiger partial charge in [0, 0.05) is 25.6 Å². The third-order valence-corrected chi connectivity index (χ3v) is 4.40. The maximum absolute atomic E-state index is 12.0. The van der Waals surface area contributed by atoms with Crippen molar-refractivity contribution in [3.05, 3.63) is 66.1 Å². The molecule has 0 aliphatic carbocycles. The summed E-state index contributed by atoms with van der Waals surface area (Å²) in [5.41, 5.74) is 2.81. The lowest BCUT2D eigenvalue weighted by molar-refractivity contribution is -0.121. The molecule has 122 valence electrons. The molecular weight excluding hydrogens is 302 g/mol. The van der Waals surface area contributed by atoms with E-state index in [1.165, 1.54) is 0 Å². The molecule has 1 aliphatic rings. The standard InChI is InChI=1S/C19H19N3O2/c23-18-12-16(14-6-2-1-3-7-14)22(11-10-20-18)13-19-21-15-8-4-5-9-17(15)24-19/h1-9,16H,10-13H2,(H,20,23). The lowest BCUT2D eigenvalue weighted by Gasteiger charge is -2.28. The number of fused-ring (bicyclic) bond motifs is 1. The highest BCUT2D eigenvalue weighted by atomic mass is 16.3. The Bertz CT molecular complexity index is 811. The summed E-state index contributed by atoms with van der Waals surface area (Å²) < 4.78 is 5.86. The van der Waals surface area contributed by atoms with Gasteiger partial charge in [-0.05, 0) is 17.7 Å². The largest absolute Gasteiger partial charge is 0.439 e. The van der Waals surface area contributed by atoms with Crippen molar-refractivity contribution >= 4 is 17.0 Å². The highest BCUT2D eigenvalue weighted by Crippen LogP contribution is 2.27. The van der Waals surface area contributed by atoms with Gasteiger partial charge in [-0.1, -0.05) is 42.5 Å². The van der Waals surface area contributed by atoms with Crippen LogP contribution < -0.4 is 5.32 Å². The van der Waals surface area contributed by atoms with E-state index in [0.29, 0.717) is 25.4 Å². The minimum Gasteiger partial charge on any atom is -0.439 e. The molecule has 0 saturated carbocycles. The zero-order valence-electron chi connectivity index (χ0n) is 13.3. The van der Waals surface area contributed by atoms with Crippen LogP contribution in [-0.2, 0) is 11.3 Å². The van der Waals surface area contributed by atoms with Crippen LogP contribution in [0, 0.1) is 0 Å². The predicted octanol–water partition coefficient (Wildman–Crippen LogP) is 2.89. The summed E-state index contributed by atoms with van der Waals surface area (Å²) in [6.07, 6.45) is 0.449. The predicted molar refractivity (Wildman–Crippen MR) is 91.2 cm³/mol. The third kappa shape index (κ3) is 3.03. The molecule has 4 rings (SSSR count). The van der Waals surface area contributed by atoms with Crippen LogP contribution in [0.15, 0.2) is 59.0 Å². The summed E-state index contributed by atoms with van der Waals surface area (Å²) in [7, 11) is 0. The summed E-state index contributed by atoms with van der Waals surface area (Å²) >= 11 is 0. The van der Waals surface area contributed by atoms with Crippen molar-refractivity contribution in [2.45, 2.75) is 19.0 Å². The molecule has 5 heteroatoms. The Morgan fingerprint density at radius 1 is 1.12 bits per heavy atom. The van der Waals surface area contributed by atoms with Gasteiger partial charge in [-0.3, -0.25) is 9.69 Å². The summed E-state index contributed by atoms with van der Waals surface area (Å²) in [6.45, 7) is 2.00. The average Bonchev–Trinajstić information content (AvgIpc) is 2.93. The Kier molecular flexibility index (Phi) is 4.01. The number of rotatable bonds is 3. The van der Waals surface area contributed by atoms with E-state index in [9.17, 15) is 4.79 Å². The molecule has 1 fully saturated rings. The number of oxazole rings is 1. The van der Waals surface area contributed by atoms with E-state index >= 15 is 0 Å². The van der Waals surface area contributed by atoms with Crippen molar-refractivity contribution in [3.8, 4) is 0 Å². The van der Waals surface area contributed by atoms with E-state index in [1.807, 2.05) is 42.5 Å².